The van der Waals surface area contributed by atoms with Gasteiger partial charge in [-0.2, -0.15) is 0 Å². The van der Waals surface area contributed by atoms with Crippen molar-refractivity contribution in [3.63, 3.8) is 0 Å². The minimum atomic E-state index is -0.688. The fourth-order valence-corrected chi connectivity index (χ4v) is 3.85. The molecule has 0 bridgehead atoms. The Hall–Kier alpha value is -2.96. The van der Waals surface area contributed by atoms with Gasteiger partial charge in [0.1, 0.15) is 11.3 Å². The summed E-state index contributed by atoms with van der Waals surface area (Å²) in [5.41, 5.74) is 3.42. The minimum Gasteiger partial charge on any atom is -0.479 e. The third kappa shape index (κ3) is 4.78. The van der Waals surface area contributed by atoms with E-state index >= 15 is 0 Å². The molecule has 2 N–H and O–H groups in total. The van der Waals surface area contributed by atoms with Crippen molar-refractivity contribution in [3.8, 4) is 5.75 Å². The number of pyridine rings is 1. The van der Waals surface area contributed by atoms with E-state index in [-0.39, 0.29) is 12.5 Å². The van der Waals surface area contributed by atoms with Crippen LogP contribution in [0.3, 0.4) is 0 Å². The Balaban J connectivity index is 1.27. The Morgan fingerprint density at radius 1 is 1.17 bits per heavy atom. The summed E-state index contributed by atoms with van der Waals surface area (Å²) in [6, 6.07) is 17.9. The topological polar surface area (TPSA) is 74.7 Å². The quantitative estimate of drug-likeness (QED) is 0.632. The molecule has 1 aromatic heterocycles. The number of rotatable bonds is 7. The molecular formula is C24H27N3O3. The Morgan fingerprint density at radius 2 is 1.97 bits per heavy atom. The van der Waals surface area contributed by atoms with Gasteiger partial charge in [0.05, 0.1) is 6.10 Å². The Morgan fingerprint density at radius 3 is 2.83 bits per heavy atom. The molecular weight excluding hydrogens is 378 g/mol. The number of hydrogen-bond acceptors (Lipinski definition) is 5. The molecule has 0 saturated carbocycles. The lowest BCUT2D eigenvalue weighted by atomic mass is 10.00. The van der Waals surface area contributed by atoms with Crippen LogP contribution in [-0.4, -0.2) is 52.7 Å². The number of aliphatic hydroxyl groups excluding tert-OH is 1. The van der Waals surface area contributed by atoms with Gasteiger partial charge < -0.3 is 15.2 Å². The molecule has 6 heteroatoms. The number of β-amino-alcohol motifs (C(OH)–C–C–N with tert-alkyl or cyclic N) is 1. The first-order valence-corrected chi connectivity index (χ1v) is 10.4. The molecule has 2 atom stereocenters. The van der Waals surface area contributed by atoms with Gasteiger partial charge in [0.25, 0.3) is 5.91 Å². The monoisotopic (exact) mass is 405 g/mol. The molecule has 0 fully saturated rings. The van der Waals surface area contributed by atoms with Crippen molar-refractivity contribution in [1.29, 1.82) is 0 Å². The summed E-state index contributed by atoms with van der Waals surface area (Å²) in [5, 5.41) is 14.2. The first kappa shape index (κ1) is 20.3. The van der Waals surface area contributed by atoms with Crippen LogP contribution in [0.25, 0.3) is 10.9 Å². The van der Waals surface area contributed by atoms with Gasteiger partial charge in [-0.25, -0.2) is 0 Å². The van der Waals surface area contributed by atoms with Crippen LogP contribution in [0.1, 0.15) is 18.1 Å². The van der Waals surface area contributed by atoms with E-state index in [1.54, 1.807) is 13.1 Å². The van der Waals surface area contributed by atoms with Gasteiger partial charge in [-0.05, 0) is 36.6 Å². The number of nitrogens with one attached hydrogen (secondary N) is 1. The van der Waals surface area contributed by atoms with Crippen molar-refractivity contribution in [1.82, 2.24) is 15.2 Å². The van der Waals surface area contributed by atoms with Gasteiger partial charge in [-0.15, -0.1) is 0 Å². The lowest BCUT2D eigenvalue weighted by Gasteiger charge is -2.30. The highest BCUT2D eigenvalue weighted by Crippen LogP contribution is 2.24. The lowest BCUT2D eigenvalue weighted by molar-refractivity contribution is -0.127. The fourth-order valence-electron chi connectivity index (χ4n) is 3.85. The summed E-state index contributed by atoms with van der Waals surface area (Å²) in [7, 11) is 0. The first-order chi connectivity index (χ1) is 14.6. The minimum absolute atomic E-state index is 0.193. The predicted molar refractivity (Wildman–Crippen MR) is 116 cm³/mol. The number of nitrogens with zero attached hydrogens (tertiary/aromatic N) is 2. The maximum absolute atomic E-state index is 12.5. The first-order valence-electron chi connectivity index (χ1n) is 10.4. The number of benzene rings is 2. The van der Waals surface area contributed by atoms with Crippen molar-refractivity contribution in [3.05, 3.63) is 71.9 Å². The van der Waals surface area contributed by atoms with E-state index in [2.05, 4.69) is 33.4 Å². The largest absolute Gasteiger partial charge is 0.479 e. The van der Waals surface area contributed by atoms with E-state index in [9.17, 15) is 9.90 Å². The van der Waals surface area contributed by atoms with E-state index in [1.165, 1.54) is 11.1 Å². The average Bonchev–Trinajstić information content (AvgIpc) is 2.77. The third-order valence-corrected chi connectivity index (χ3v) is 5.46. The molecule has 2 aromatic carbocycles. The Kier molecular flexibility index (Phi) is 6.26. The van der Waals surface area contributed by atoms with Crippen molar-refractivity contribution < 1.29 is 14.6 Å². The van der Waals surface area contributed by atoms with Gasteiger partial charge in [0.15, 0.2) is 6.10 Å². The summed E-state index contributed by atoms with van der Waals surface area (Å²) in [4.78, 5) is 19.0. The lowest BCUT2D eigenvalue weighted by Crippen LogP contribution is -2.44. The predicted octanol–water partition coefficient (Wildman–Crippen LogP) is 2.54. The SMILES string of the molecule is C[C@H](Oc1cccc2cccnc12)C(=O)NCC(O)CN1CCc2ccccc2C1. The van der Waals surface area contributed by atoms with E-state index in [0.29, 0.717) is 12.3 Å². The number of carbonyl (C=O) groups is 1. The van der Waals surface area contributed by atoms with Crippen LogP contribution in [0.4, 0.5) is 0 Å². The normalized spacial score (nSPS) is 15.9. The molecule has 156 valence electrons. The molecule has 6 nitrogen and oxygen atoms in total. The highest BCUT2D eigenvalue weighted by molar-refractivity contribution is 5.85. The molecule has 30 heavy (non-hydrogen) atoms. The van der Waals surface area contributed by atoms with Gasteiger partial charge >= 0.3 is 0 Å². The number of para-hydroxylation sites is 1. The third-order valence-electron chi connectivity index (χ3n) is 5.46. The number of hydrogen-bond donors (Lipinski definition) is 2. The van der Waals surface area contributed by atoms with E-state index in [4.69, 9.17) is 4.74 Å². The van der Waals surface area contributed by atoms with E-state index in [0.717, 1.165) is 30.4 Å². The summed E-state index contributed by atoms with van der Waals surface area (Å²) < 4.78 is 5.84. The maximum Gasteiger partial charge on any atom is 0.260 e. The second-order valence-corrected chi connectivity index (χ2v) is 7.74. The van der Waals surface area contributed by atoms with Gasteiger partial charge in [-0.3, -0.25) is 14.7 Å². The van der Waals surface area contributed by atoms with Crippen LogP contribution in [0.2, 0.25) is 0 Å². The van der Waals surface area contributed by atoms with E-state index < -0.39 is 12.2 Å². The number of fused-ring (bicyclic) bond motifs is 2. The zero-order valence-corrected chi connectivity index (χ0v) is 17.1. The maximum atomic E-state index is 12.5. The summed E-state index contributed by atoms with van der Waals surface area (Å²) in [5.74, 6) is 0.314. The number of carbonyl (C=O) groups excluding carboxylic acids is 1. The summed E-state index contributed by atoms with van der Waals surface area (Å²) in [6.45, 7) is 4.16. The van der Waals surface area contributed by atoms with E-state index in [1.807, 2.05) is 36.4 Å². The van der Waals surface area contributed by atoms with Gasteiger partial charge in [0.2, 0.25) is 0 Å². The van der Waals surface area contributed by atoms with Gasteiger partial charge in [-0.1, -0.05) is 42.5 Å². The molecule has 1 amide bonds. The Bertz CT molecular complexity index is 1020. The van der Waals surface area contributed by atoms with Crippen molar-refractivity contribution in [2.45, 2.75) is 32.1 Å². The molecule has 3 aromatic rings. The van der Waals surface area contributed by atoms with Crippen molar-refractivity contribution >= 4 is 16.8 Å². The fraction of sp³-hybridized carbons (Fsp3) is 0.333. The Labute approximate surface area is 176 Å². The van der Waals surface area contributed by atoms with Crippen LogP contribution in [0.5, 0.6) is 5.75 Å². The second kappa shape index (κ2) is 9.24. The van der Waals surface area contributed by atoms with Crippen molar-refractivity contribution in [2.75, 3.05) is 19.6 Å². The highest BCUT2D eigenvalue weighted by atomic mass is 16.5. The molecule has 0 radical (unpaired) electrons. The molecule has 0 spiro atoms. The smallest absolute Gasteiger partial charge is 0.260 e. The number of aliphatic hydroxyl groups is 1. The summed E-state index contributed by atoms with van der Waals surface area (Å²) >= 11 is 0. The zero-order valence-electron chi connectivity index (χ0n) is 17.1. The van der Waals surface area contributed by atoms with Crippen LogP contribution < -0.4 is 10.1 Å². The highest BCUT2D eigenvalue weighted by Gasteiger charge is 2.20. The second-order valence-electron chi connectivity index (χ2n) is 7.74. The molecule has 4 rings (SSSR count). The van der Waals surface area contributed by atoms with Gasteiger partial charge in [0, 0.05) is 37.8 Å². The summed E-state index contributed by atoms with van der Waals surface area (Å²) in [6.07, 6.45) is 1.37. The molecule has 0 saturated heterocycles. The zero-order chi connectivity index (χ0) is 20.9. The van der Waals surface area contributed by atoms with Crippen LogP contribution in [-0.2, 0) is 17.8 Å². The number of ether oxygens (including phenoxy) is 1. The van der Waals surface area contributed by atoms with Crippen LogP contribution >= 0.6 is 0 Å². The molecule has 2 heterocycles. The van der Waals surface area contributed by atoms with Crippen molar-refractivity contribution in [2.24, 2.45) is 0 Å². The number of amides is 1. The molecule has 1 aliphatic heterocycles. The van der Waals surface area contributed by atoms with Crippen LogP contribution in [0.15, 0.2) is 60.8 Å². The number of aromatic nitrogens is 1. The average molecular weight is 405 g/mol. The molecule has 0 aliphatic carbocycles. The molecule has 1 unspecified atom stereocenters. The standard InChI is InChI=1S/C24H27N3O3/c1-17(30-22-10-4-8-19-9-5-12-25-23(19)22)24(29)26-14-21(28)16-27-13-11-18-6-2-3-7-20(18)15-27/h2-10,12,17,21,28H,11,13-16H2,1H3,(H,26,29)/t17-,21?/m0/s1. The molecule has 1 aliphatic rings. The van der Waals surface area contributed by atoms with Crippen LogP contribution in [0, 0.1) is 0 Å².